The van der Waals surface area contributed by atoms with Crippen molar-refractivity contribution < 1.29 is 43.1 Å². The summed E-state index contributed by atoms with van der Waals surface area (Å²) in [6.07, 6.45) is 0. The van der Waals surface area contributed by atoms with E-state index in [1.807, 2.05) is 0 Å². The first-order valence-electron chi connectivity index (χ1n) is 7.60. The summed E-state index contributed by atoms with van der Waals surface area (Å²) in [5.41, 5.74) is 0. The molecule has 4 unspecified atom stereocenters. The first kappa shape index (κ1) is 21.0. The molecule has 4 atom stereocenters. The van der Waals surface area contributed by atoms with E-state index in [0.29, 0.717) is 0 Å². The van der Waals surface area contributed by atoms with Gasteiger partial charge in [-0.25, -0.2) is 0 Å². The molecule has 0 amide bonds. The van der Waals surface area contributed by atoms with E-state index < -0.39 is 44.0 Å². The molecule has 1 saturated heterocycles. The average Bonchev–Trinajstić information content (AvgIpc) is 2.53. The molecule has 15 heteroatoms. The SMILES string of the molecule is [3H]O[Si]1(C)O[Si](C)(OC)O[Si](C)(OC)O[Si](C)(OC)O[Si](C)(OC)O1. The van der Waals surface area contributed by atoms with Crippen molar-refractivity contribution in [3.05, 3.63) is 0 Å². The summed E-state index contributed by atoms with van der Waals surface area (Å²) < 4.78 is 59.4. The van der Waals surface area contributed by atoms with Gasteiger partial charge in [0.25, 0.3) is 0 Å². The van der Waals surface area contributed by atoms with Crippen LogP contribution in [-0.2, 0) is 38.3 Å². The maximum Gasteiger partial charge on any atom is 0.482 e. The van der Waals surface area contributed by atoms with Crippen LogP contribution in [0.15, 0.2) is 0 Å². The Bertz CT molecular complexity index is 356. The molecule has 1 rings (SSSR count). The first-order valence-corrected chi connectivity index (χ1v) is 18.3. The highest BCUT2D eigenvalue weighted by Crippen LogP contribution is 2.30. The summed E-state index contributed by atoms with van der Waals surface area (Å²) in [7, 11) is -10.9. The second-order valence-corrected chi connectivity index (χ2v) is 20.0. The Morgan fingerprint density at radius 2 is 0.833 bits per heavy atom. The third-order valence-corrected chi connectivity index (χ3v) is 21.1. The molecule has 1 N–H and O–H groups in total. The summed E-state index contributed by atoms with van der Waals surface area (Å²) in [6.45, 7) is 8.20. The Morgan fingerprint density at radius 1 is 0.583 bits per heavy atom. The van der Waals surface area contributed by atoms with Gasteiger partial charge in [-0.05, 0) is 0 Å². The van der Waals surface area contributed by atoms with Gasteiger partial charge in [-0.3, -0.25) is 0 Å². The van der Waals surface area contributed by atoms with Crippen LogP contribution < -0.4 is 0 Å². The molecule has 0 aromatic rings. The Morgan fingerprint density at radius 3 is 1.04 bits per heavy atom. The molecule has 1 aliphatic heterocycles. The van der Waals surface area contributed by atoms with Crippen LogP contribution in [0.25, 0.3) is 0 Å². The van der Waals surface area contributed by atoms with Crippen molar-refractivity contribution >= 4 is 44.0 Å². The molecule has 0 saturated carbocycles. The lowest BCUT2D eigenvalue weighted by atomic mass is 11.8. The molecule has 0 aromatic carbocycles. The molecule has 1 aliphatic rings. The molecule has 10 nitrogen and oxygen atoms in total. The number of hydrogen-bond donors (Lipinski definition) is 1. The van der Waals surface area contributed by atoms with E-state index in [1.165, 1.54) is 28.4 Å². The summed E-state index contributed by atoms with van der Waals surface area (Å²) >= 11 is 0. The van der Waals surface area contributed by atoms with Crippen molar-refractivity contribution in [2.75, 3.05) is 28.4 Å². The van der Waals surface area contributed by atoms with Crippen molar-refractivity contribution in [2.45, 2.75) is 32.7 Å². The van der Waals surface area contributed by atoms with Gasteiger partial charge >= 0.3 is 44.0 Å². The normalized spacial score (nSPS) is 48.8. The van der Waals surface area contributed by atoms with E-state index in [4.69, 9.17) is 44.5 Å². The monoisotopic (exact) mass is 438 g/mol. The van der Waals surface area contributed by atoms with Gasteiger partial charge in [0.2, 0.25) is 0 Å². The fourth-order valence-corrected chi connectivity index (χ4v) is 21.0. The summed E-state index contributed by atoms with van der Waals surface area (Å²) in [4.78, 5) is 4.81. The van der Waals surface area contributed by atoms with Crippen LogP contribution in [0.5, 0.6) is 0 Å². The third-order valence-electron chi connectivity index (χ3n) is 3.34. The molecule has 0 spiro atoms. The molecule has 24 heavy (non-hydrogen) atoms. The molecule has 1 heterocycles. The van der Waals surface area contributed by atoms with Crippen molar-refractivity contribution in [3.8, 4) is 0 Å². The summed E-state index contributed by atoms with van der Waals surface area (Å²) in [5.74, 6) is 0. The van der Waals surface area contributed by atoms with E-state index in [9.17, 15) is 0 Å². The minimum absolute atomic E-state index is 1.44. The van der Waals surface area contributed by atoms with Gasteiger partial charge in [-0.1, -0.05) is 0 Å². The largest absolute Gasteiger partial charge is 0.482 e. The topological polar surface area (TPSA) is 103 Å². The van der Waals surface area contributed by atoms with Crippen LogP contribution in [0.2, 0.25) is 32.7 Å². The van der Waals surface area contributed by atoms with Gasteiger partial charge in [0.1, 0.15) is 0 Å². The van der Waals surface area contributed by atoms with Gasteiger partial charge in [0.05, 0.1) is 0 Å². The molecule has 0 aromatic heterocycles. The van der Waals surface area contributed by atoms with E-state index in [2.05, 4.69) is 0 Å². The van der Waals surface area contributed by atoms with E-state index in [1.54, 1.807) is 32.7 Å². The van der Waals surface area contributed by atoms with Crippen LogP contribution >= 0.6 is 0 Å². The quantitative estimate of drug-likeness (QED) is 0.610. The highest BCUT2D eigenvalue weighted by Gasteiger charge is 2.61. The first-order chi connectivity index (χ1) is 11.3. The van der Waals surface area contributed by atoms with Gasteiger partial charge in [0, 0.05) is 61.2 Å². The zero-order valence-corrected chi connectivity index (χ0v) is 20.6. The fourth-order valence-electron chi connectivity index (χ4n) is 2.12. The van der Waals surface area contributed by atoms with Gasteiger partial charge < -0.3 is 43.1 Å². The Balaban J connectivity index is 3.44. The highest BCUT2D eigenvalue weighted by atomic mass is 28.6. The molecular formula is C9H28O10Si5. The predicted octanol–water partition coefficient (Wildman–Crippen LogP) is 0.504. The second-order valence-electron chi connectivity index (χ2n) is 5.64. The van der Waals surface area contributed by atoms with Crippen LogP contribution in [0.1, 0.15) is 0 Å². The van der Waals surface area contributed by atoms with Crippen molar-refractivity contribution in [2.24, 2.45) is 0 Å². The smallest absolute Gasteiger partial charge is 0.391 e. The van der Waals surface area contributed by atoms with Crippen LogP contribution in [0.3, 0.4) is 0 Å². The lowest BCUT2D eigenvalue weighted by molar-refractivity contribution is 0.0539. The zero-order chi connectivity index (χ0) is 19.6. The molecular weight excluding hydrogens is 409 g/mol. The molecule has 0 radical (unpaired) electrons. The van der Waals surface area contributed by atoms with Gasteiger partial charge in [-0.2, -0.15) is 0 Å². The lowest BCUT2D eigenvalue weighted by Gasteiger charge is -2.44. The van der Waals surface area contributed by atoms with Gasteiger partial charge in [0.15, 0.2) is 1.43 Å². The predicted molar refractivity (Wildman–Crippen MR) is 93.8 cm³/mol. The molecule has 0 bridgehead atoms. The molecule has 144 valence electrons. The van der Waals surface area contributed by atoms with E-state index in [0.717, 1.165) is 0 Å². The molecule has 0 aliphatic carbocycles. The van der Waals surface area contributed by atoms with Crippen molar-refractivity contribution in [1.29, 1.82) is 1.43 Å². The zero-order valence-electron chi connectivity index (χ0n) is 16.6. The second kappa shape index (κ2) is 7.74. The number of hydrogen-bond acceptors (Lipinski definition) is 10. The Kier molecular flexibility index (Phi) is 6.77. The number of rotatable bonds is 5. The van der Waals surface area contributed by atoms with Crippen LogP contribution in [-0.4, -0.2) is 78.7 Å². The lowest BCUT2D eigenvalue weighted by Crippen LogP contribution is -2.69. The summed E-state index contributed by atoms with van der Waals surface area (Å²) in [5, 5.41) is 0. The van der Waals surface area contributed by atoms with Crippen LogP contribution in [0, 0.1) is 0 Å². The fraction of sp³-hybridized carbons (Fsp3) is 1.00. The van der Waals surface area contributed by atoms with E-state index in [-0.39, 0.29) is 0 Å². The summed E-state index contributed by atoms with van der Waals surface area (Å²) in [6, 6.07) is 0. The van der Waals surface area contributed by atoms with Crippen molar-refractivity contribution in [3.63, 3.8) is 0 Å². The minimum Gasteiger partial charge on any atom is -0.391 e. The average molecular weight is 439 g/mol. The Hall–Kier alpha value is 0.684. The van der Waals surface area contributed by atoms with Gasteiger partial charge in [-0.15, -0.1) is 0 Å². The minimum atomic E-state index is -3.54. The highest BCUT2D eigenvalue weighted by molar-refractivity contribution is 6.87. The standard InChI is InChI=1S/C9H28O10Si5/c1-11-21(6)15-20(5,10)16-22(7,12-2)18-24(9,14-4)19-23(8,13-3)17-21/h10H,1-9H3/i10T. The third kappa shape index (κ3) is 5.85. The van der Waals surface area contributed by atoms with Crippen molar-refractivity contribution in [1.82, 2.24) is 0 Å². The van der Waals surface area contributed by atoms with E-state index >= 15 is 0 Å². The Labute approximate surface area is 150 Å². The molecule has 1 fully saturated rings. The van der Waals surface area contributed by atoms with Crippen LogP contribution in [0.4, 0.5) is 0 Å². The maximum atomic E-state index is 7.44. The maximum absolute atomic E-state index is 7.44.